The molecule has 0 aliphatic carbocycles. The maximum absolute atomic E-state index is 10.6. The van der Waals surface area contributed by atoms with Gasteiger partial charge in [0.1, 0.15) is 5.69 Å². The first-order valence-electron chi connectivity index (χ1n) is 9.66. The fraction of sp³-hybridized carbons (Fsp3) is 0.400. The number of hydrogen-bond acceptors (Lipinski definition) is 6. The highest BCUT2D eigenvalue weighted by Gasteiger charge is 2.38. The van der Waals surface area contributed by atoms with Gasteiger partial charge in [-0.05, 0) is 48.9 Å². The van der Waals surface area contributed by atoms with Crippen LogP contribution in [0.4, 0.5) is 13.2 Å². The Morgan fingerprint density at radius 2 is 2.10 bits per heavy atom. The summed E-state index contributed by atoms with van der Waals surface area (Å²) < 4.78 is 33.7. The highest BCUT2D eigenvalue weighted by molar-refractivity contribution is 7.08. The van der Waals surface area contributed by atoms with Gasteiger partial charge in [0.2, 0.25) is 0 Å². The van der Waals surface area contributed by atoms with Gasteiger partial charge in [-0.1, -0.05) is 11.3 Å². The molecule has 0 spiro atoms. The van der Waals surface area contributed by atoms with Crippen molar-refractivity contribution < 1.29 is 23.1 Å². The van der Waals surface area contributed by atoms with Crippen molar-refractivity contribution in [2.24, 2.45) is 5.92 Å². The number of rotatable bonds is 5. The number of pyridine rings is 1. The second-order valence-corrected chi connectivity index (χ2v) is 7.99. The summed E-state index contributed by atoms with van der Waals surface area (Å²) in [5.74, 6) is -2.13. The van der Waals surface area contributed by atoms with Gasteiger partial charge in [-0.15, -0.1) is 5.10 Å². The van der Waals surface area contributed by atoms with Crippen LogP contribution >= 0.6 is 11.3 Å². The van der Waals surface area contributed by atoms with Crippen LogP contribution in [0, 0.1) is 5.92 Å². The number of carbonyl (C=O) groups is 1. The Hall–Kier alpha value is -2.79. The topological polar surface area (TPSA) is 84.1 Å². The van der Waals surface area contributed by atoms with Crippen LogP contribution in [0.25, 0.3) is 11.3 Å². The summed E-state index contributed by atoms with van der Waals surface area (Å²) in [7, 11) is 0. The minimum Gasteiger partial charge on any atom is -0.475 e. The number of likely N-dealkylation sites (tertiary alicyclic amines) is 1. The molecule has 1 aliphatic heterocycles. The number of carboxylic acid groups (broad SMARTS) is 1. The molecule has 1 fully saturated rings. The van der Waals surface area contributed by atoms with E-state index >= 15 is 0 Å². The van der Waals surface area contributed by atoms with Gasteiger partial charge in [0, 0.05) is 36.8 Å². The molecule has 4 heterocycles. The number of alkyl halides is 3. The van der Waals surface area contributed by atoms with Crippen LogP contribution in [-0.4, -0.2) is 55.2 Å². The molecule has 1 N–H and O–H groups in total. The Bertz CT molecular complexity index is 947. The van der Waals surface area contributed by atoms with Gasteiger partial charge in [-0.25, -0.2) is 4.79 Å². The second-order valence-electron chi connectivity index (χ2n) is 7.21. The molecule has 0 radical (unpaired) electrons. The number of aromatic nitrogens is 4. The molecular weight excluding hydrogens is 431 g/mol. The third-order valence-electron chi connectivity index (χ3n) is 4.76. The van der Waals surface area contributed by atoms with Crippen LogP contribution in [0.1, 0.15) is 18.5 Å². The maximum atomic E-state index is 10.6. The van der Waals surface area contributed by atoms with E-state index in [0.717, 1.165) is 43.1 Å². The molecule has 31 heavy (non-hydrogen) atoms. The fourth-order valence-electron chi connectivity index (χ4n) is 3.36. The van der Waals surface area contributed by atoms with Crippen molar-refractivity contribution in [3.8, 4) is 11.3 Å². The molecular formula is C20H22F3N5O2S. The van der Waals surface area contributed by atoms with Crippen LogP contribution in [0.3, 0.4) is 0 Å². The van der Waals surface area contributed by atoms with E-state index in [1.54, 1.807) is 11.3 Å². The number of thiophene rings is 1. The van der Waals surface area contributed by atoms with Gasteiger partial charge < -0.3 is 5.11 Å². The molecule has 0 bridgehead atoms. The molecule has 1 saturated heterocycles. The van der Waals surface area contributed by atoms with Gasteiger partial charge in [-0.2, -0.15) is 24.5 Å². The van der Waals surface area contributed by atoms with E-state index in [4.69, 9.17) is 9.90 Å². The summed E-state index contributed by atoms with van der Waals surface area (Å²) in [6, 6.07) is 8.23. The van der Waals surface area contributed by atoms with E-state index < -0.39 is 12.1 Å². The van der Waals surface area contributed by atoms with Gasteiger partial charge in [0.05, 0.1) is 11.9 Å². The molecule has 11 heteroatoms. The van der Waals surface area contributed by atoms with Crippen LogP contribution in [0.15, 0.2) is 47.4 Å². The Balaban J connectivity index is 0.000000339. The highest BCUT2D eigenvalue weighted by atomic mass is 32.1. The van der Waals surface area contributed by atoms with Crippen LogP contribution in [0.2, 0.25) is 0 Å². The van der Waals surface area contributed by atoms with Crippen molar-refractivity contribution in [3.63, 3.8) is 0 Å². The van der Waals surface area contributed by atoms with Gasteiger partial charge in [-0.3, -0.25) is 14.6 Å². The number of hydrogen-bond donors (Lipinski definition) is 1. The van der Waals surface area contributed by atoms with E-state index in [2.05, 4.69) is 55.4 Å². The number of piperidine rings is 1. The Morgan fingerprint density at radius 1 is 1.29 bits per heavy atom. The van der Waals surface area contributed by atoms with Crippen LogP contribution < -0.4 is 0 Å². The van der Waals surface area contributed by atoms with E-state index in [9.17, 15) is 13.2 Å². The molecule has 7 nitrogen and oxygen atoms in total. The predicted molar refractivity (Wildman–Crippen MR) is 109 cm³/mol. The zero-order valence-electron chi connectivity index (χ0n) is 16.6. The minimum atomic E-state index is -5.08. The lowest BCUT2D eigenvalue weighted by Crippen LogP contribution is -2.36. The minimum absolute atomic E-state index is 0.625. The second kappa shape index (κ2) is 10.5. The normalized spacial score (nSPS) is 17.1. The molecule has 3 aromatic rings. The summed E-state index contributed by atoms with van der Waals surface area (Å²) in [6.45, 7) is 4.14. The van der Waals surface area contributed by atoms with E-state index in [-0.39, 0.29) is 0 Å². The number of aliphatic carboxylic acids is 1. The van der Waals surface area contributed by atoms with Crippen molar-refractivity contribution >= 4 is 17.3 Å². The van der Waals surface area contributed by atoms with E-state index in [1.165, 1.54) is 12.8 Å². The third kappa shape index (κ3) is 7.14. The lowest BCUT2D eigenvalue weighted by molar-refractivity contribution is -0.192. The molecule has 1 atom stereocenters. The Morgan fingerprint density at radius 3 is 2.74 bits per heavy atom. The molecule has 0 saturated carbocycles. The summed E-state index contributed by atoms with van der Waals surface area (Å²) in [5.41, 5.74) is 3.28. The van der Waals surface area contributed by atoms with Gasteiger partial charge in [0.15, 0.2) is 0 Å². The Labute approximate surface area is 181 Å². The van der Waals surface area contributed by atoms with Crippen LogP contribution in [-0.2, 0) is 17.9 Å². The number of nitrogens with zero attached hydrogens (tertiary/aromatic N) is 5. The highest BCUT2D eigenvalue weighted by Crippen LogP contribution is 2.22. The van der Waals surface area contributed by atoms with E-state index in [0.29, 0.717) is 5.92 Å². The third-order valence-corrected chi connectivity index (χ3v) is 5.44. The summed E-state index contributed by atoms with van der Waals surface area (Å²) in [4.78, 5) is 15.8. The monoisotopic (exact) mass is 453 g/mol. The molecule has 0 amide bonds. The standard InChI is InChI=1S/C18H21N5S.C2HF3O2/c1-2-7-19-17(5-1)12-22-8-3-4-15(10-22)11-23-13-18(20-21-23)16-6-9-24-14-16;3-2(4,5)1(6)7/h1-2,5-7,9,13-15H,3-4,8,10-12H2;(H,6,7). The molecule has 1 unspecified atom stereocenters. The molecule has 3 aromatic heterocycles. The lowest BCUT2D eigenvalue weighted by atomic mass is 9.98. The molecule has 0 aromatic carbocycles. The first-order valence-corrected chi connectivity index (χ1v) is 10.6. The summed E-state index contributed by atoms with van der Waals surface area (Å²) in [5, 5.41) is 19.9. The van der Waals surface area contributed by atoms with Crippen molar-refractivity contribution in [1.82, 2.24) is 24.9 Å². The SMILES string of the molecule is O=C(O)C(F)(F)F.c1ccc(CN2CCCC(Cn3cc(-c4ccsc4)nn3)C2)nc1. The van der Waals surface area contributed by atoms with Gasteiger partial charge in [0.25, 0.3) is 0 Å². The summed E-state index contributed by atoms with van der Waals surface area (Å²) in [6.07, 6.45) is 1.35. The smallest absolute Gasteiger partial charge is 0.475 e. The molecule has 1 aliphatic rings. The number of halogens is 3. The van der Waals surface area contributed by atoms with Crippen molar-refractivity contribution in [2.75, 3.05) is 13.1 Å². The average molecular weight is 453 g/mol. The zero-order chi connectivity index (χ0) is 22.3. The zero-order valence-corrected chi connectivity index (χ0v) is 17.4. The lowest BCUT2D eigenvalue weighted by Gasteiger charge is -2.32. The molecule has 4 rings (SSSR count). The largest absolute Gasteiger partial charge is 0.490 e. The Kier molecular flexibility index (Phi) is 7.75. The predicted octanol–water partition coefficient (Wildman–Crippen LogP) is 3.95. The van der Waals surface area contributed by atoms with Gasteiger partial charge >= 0.3 is 12.1 Å². The van der Waals surface area contributed by atoms with Crippen molar-refractivity contribution in [1.29, 1.82) is 0 Å². The number of carboxylic acids is 1. The quantitative estimate of drug-likeness (QED) is 0.630. The van der Waals surface area contributed by atoms with E-state index in [1.807, 2.05) is 16.9 Å². The summed E-state index contributed by atoms with van der Waals surface area (Å²) >= 11 is 1.69. The first kappa shape index (κ1) is 22.9. The molecule has 166 valence electrons. The van der Waals surface area contributed by atoms with Crippen molar-refractivity contribution in [2.45, 2.75) is 32.1 Å². The maximum Gasteiger partial charge on any atom is 0.490 e. The average Bonchev–Trinajstić information content (AvgIpc) is 3.41. The van der Waals surface area contributed by atoms with Crippen LogP contribution in [0.5, 0.6) is 0 Å². The van der Waals surface area contributed by atoms with Crippen molar-refractivity contribution in [3.05, 3.63) is 53.1 Å². The first-order chi connectivity index (χ1) is 14.8. The fourth-order valence-corrected chi connectivity index (χ4v) is 4.01.